The highest BCUT2D eigenvalue weighted by Crippen LogP contribution is 2.38. The molecule has 0 spiro atoms. The maximum atomic E-state index is 12.5. The lowest BCUT2D eigenvalue weighted by Gasteiger charge is -2.30. The lowest BCUT2D eigenvalue weighted by Crippen LogP contribution is -2.31. The van der Waals surface area contributed by atoms with Crippen molar-refractivity contribution in [1.82, 2.24) is 0 Å². The minimum absolute atomic E-state index is 0.276. The lowest BCUT2D eigenvalue weighted by atomic mass is 9.74. The maximum absolute atomic E-state index is 12.5. The van der Waals surface area contributed by atoms with Crippen molar-refractivity contribution in [3.63, 3.8) is 0 Å². The first-order valence-corrected chi connectivity index (χ1v) is 15.9. The summed E-state index contributed by atoms with van der Waals surface area (Å²) < 4.78 is 0. The largest absolute Gasteiger partial charge is 0.481 e. The Balaban J connectivity index is 4.43. The minimum Gasteiger partial charge on any atom is -0.481 e. The molecule has 4 heteroatoms. The van der Waals surface area contributed by atoms with Gasteiger partial charge in [0, 0.05) is 6.42 Å². The van der Waals surface area contributed by atoms with E-state index in [4.69, 9.17) is 5.11 Å². The van der Waals surface area contributed by atoms with E-state index in [9.17, 15) is 14.7 Å². The summed E-state index contributed by atoms with van der Waals surface area (Å²) in [5.74, 6) is -1.25. The molecule has 0 unspecified atom stereocenters. The molecule has 0 radical (unpaired) electrons. The molecule has 214 valence electrons. The van der Waals surface area contributed by atoms with Crippen molar-refractivity contribution < 1.29 is 19.8 Å². The van der Waals surface area contributed by atoms with Crippen LogP contribution in [0.5, 0.6) is 0 Å². The Morgan fingerprint density at radius 1 is 0.444 bits per heavy atom. The zero-order chi connectivity index (χ0) is 26.7. The summed E-state index contributed by atoms with van der Waals surface area (Å²) in [5.41, 5.74) is -0.522. The monoisotopic (exact) mass is 510 g/mol. The fraction of sp³-hybridized carbons (Fsp3) is 0.938. The molecular weight excluding hydrogens is 448 g/mol. The Hall–Kier alpha value is -1.06. The summed E-state index contributed by atoms with van der Waals surface area (Å²) in [7, 11) is 0. The average molecular weight is 511 g/mol. The molecule has 0 aromatic carbocycles. The summed E-state index contributed by atoms with van der Waals surface area (Å²) in [5, 5.41) is 19.0. The van der Waals surface area contributed by atoms with Crippen molar-refractivity contribution >= 4 is 11.9 Å². The third-order valence-corrected chi connectivity index (χ3v) is 8.02. The second kappa shape index (κ2) is 25.6. The third kappa shape index (κ3) is 21.1. The molecule has 0 aromatic heterocycles. The quantitative estimate of drug-likeness (QED) is 0.0981. The van der Waals surface area contributed by atoms with Gasteiger partial charge in [-0.3, -0.25) is 9.59 Å². The van der Waals surface area contributed by atoms with E-state index in [2.05, 4.69) is 13.8 Å². The topological polar surface area (TPSA) is 74.6 Å². The van der Waals surface area contributed by atoms with Crippen molar-refractivity contribution in [2.45, 2.75) is 187 Å². The highest BCUT2D eigenvalue weighted by atomic mass is 16.4. The zero-order valence-electron chi connectivity index (χ0n) is 24.3. The Bertz CT molecular complexity index is 482. The summed E-state index contributed by atoms with van der Waals surface area (Å²) in [6, 6.07) is 0. The molecule has 0 atom stereocenters. The molecule has 0 aliphatic carbocycles. The molecule has 0 saturated heterocycles. The standard InChI is InChI=1S/C32H62O4/c1-3-5-7-9-11-15-19-23-27-32(31(35)36,28-24-20-16-12-10-8-6-4-2)29-25-21-17-13-14-18-22-26-30(33)34/h3-29H2,1-2H3,(H,33,34)(H,35,36). The summed E-state index contributed by atoms with van der Waals surface area (Å²) in [6.45, 7) is 4.50. The van der Waals surface area contributed by atoms with Crippen molar-refractivity contribution in [3.8, 4) is 0 Å². The van der Waals surface area contributed by atoms with Gasteiger partial charge in [0.05, 0.1) is 5.41 Å². The lowest BCUT2D eigenvalue weighted by molar-refractivity contribution is -0.151. The highest BCUT2D eigenvalue weighted by Gasteiger charge is 2.36. The number of aliphatic carboxylic acids is 2. The van der Waals surface area contributed by atoms with Gasteiger partial charge in [0.15, 0.2) is 0 Å². The van der Waals surface area contributed by atoms with Gasteiger partial charge in [-0.05, 0) is 25.7 Å². The first-order valence-electron chi connectivity index (χ1n) is 15.9. The average Bonchev–Trinajstić information content (AvgIpc) is 2.85. The molecule has 0 heterocycles. The number of rotatable bonds is 29. The number of unbranched alkanes of at least 4 members (excludes halogenated alkanes) is 20. The van der Waals surface area contributed by atoms with Crippen LogP contribution in [0, 0.1) is 5.41 Å². The summed E-state index contributed by atoms with van der Waals surface area (Å²) in [6.07, 6.45) is 30.2. The van der Waals surface area contributed by atoms with E-state index < -0.39 is 17.4 Å². The Morgan fingerprint density at radius 3 is 1.00 bits per heavy atom. The molecule has 0 aromatic rings. The molecule has 0 amide bonds. The van der Waals surface area contributed by atoms with E-state index in [-0.39, 0.29) is 6.42 Å². The van der Waals surface area contributed by atoms with Crippen LogP contribution in [0.2, 0.25) is 0 Å². The van der Waals surface area contributed by atoms with Crippen molar-refractivity contribution in [2.75, 3.05) is 0 Å². The SMILES string of the molecule is CCCCCCCCCCC(CCCCCCCCCC)(CCCCCCCCCC(=O)O)C(=O)O. The second-order valence-corrected chi connectivity index (χ2v) is 11.4. The zero-order valence-corrected chi connectivity index (χ0v) is 24.3. The molecular formula is C32H62O4. The first kappa shape index (κ1) is 34.9. The van der Waals surface area contributed by atoms with E-state index >= 15 is 0 Å². The van der Waals surface area contributed by atoms with Gasteiger partial charge in [-0.1, -0.05) is 155 Å². The van der Waals surface area contributed by atoms with Crippen LogP contribution in [0.15, 0.2) is 0 Å². The van der Waals surface area contributed by atoms with Crippen molar-refractivity contribution in [3.05, 3.63) is 0 Å². The first-order chi connectivity index (χ1) is 17.5. The Labute approximate surface area is 224 Å². The highest BCUT2D eigenvalue weighted by molar-refractivity contribution is 5.74. The van der Waals surface area contributed by atoms with Gasteiger partial charge in [0.1, 0.15) is 0 Å². The van der Waals surface area contributed by atoms with Gasteiger partial charge < -0.3 is 10.2 Å². The normalized spacial score (nSPS) is 11.7. The van der Waals surface area contributed by atoms with E-state index in [1.807, 2.05) is 0 Å². The van der Waals surface area contributed by atoms with E-state index in [0.29, 0.717) is 0 Å². The number of hydrogen-bond acceptors (Lipinski definition) is 2. The van der Waals surface area contributed by atoms with E-state index in [0.717, 1.165) is 77.0 Å². The van der Waals surface area contributed by atoms with Gasteiger partial charge in [0.2, 0.25) is 0 Å². The molecule has 0 fully saturated rings. The van der Waals surface area contributed by atoms with Crippen LogP contribution in [0.1, 0.15) is 187 Å². The van der Waals surface area contributed by atoms with Crippen LogP contribution in [0.4, 0.5) is 0 Å². The minimum atomic E-state index is -0.701. The maximum Gasteiger partial charge on any atom is 0.309 e. The summed E-state index contributed by atoms with van der Waals surface area (Å²) in [4.78, 5) is 23.1. The molecule has 36 heavy (non-hydrogen) atoms. The molecule has 0 aliphatic heterocycles. The predicted molar refractivity (Wildman–Crippen MR) is 154 cm³/mol. The van der Waals surface area contributed by atoms with Gasteiger partial charge in [-0.15, -0.1) is 0 Å². The third-order valence-electron chi connectivity index (χ3n) is 8.02. The van der Waals surface area contributed by atoms with Crippen LogP contribution in [0.25, 0.3) is 0 Å². The van der Waals surface area contributed by atoms with Crippen LogP contribution < -0.4 is 0 Å². The predicted octanol–water partition coefficient (Wildman–Crippen LogP) is 10.7. The summed E-state index contributed by atoms with van der Waals surface area (Å²) >= 11 is 0. The molecule has 0 rings (SSSR count). The van der Waals surface area contributed by atoms with Crippen LogP contribution >= 0.6 is 0 Å². The fourth-order valence-electron chi connectivity index (χ4n) is 5.51. The van der Waals surface area contributed by atoms with Crippen LogP contribution in [-0.2, 0) is 9.59 Å². The van der Waals surface area contributed by atoms with Crippen LogP contribution in [-0.4, -0.2) is 22.2 Å². The fourth-order valence-corrected chi connectivity index (χ4v) is 5.51. The van der Waals surface area contributed by atoms with Gasteiger partial charge >= 0.3 is 11.9 Å². The van der Waals surface area contributed by atoms with Crippen molar-refractivity contribution in [1.29, 1.82) is 0 Å². The number of hydrogen-bond donors (Lipinski definition) is 2. The Morgan fingerprint density at radius 2 is 0.722 bits per heavy atom. The van der Waals surface area contributed by atoms with Gasteiger partial charge in [0.25, 0.3) is 0 Å². The number of carboxylic acid groups (broad SMARTS) is 2. The smallest absolute Gasteiger partial charge is 0.309 e. The van der Waals surface area contributed by atoms with E-state index in [1.165, 1.54) is 89.9 Å². The number of carboxylic acids is 2. The van der Waals surface area contributed by atoms with Crippen LogP contribution in [0.3, 0.4) is 0 Å². The van der Waals surface area contributed by atoms with Crippen molar-refractivity contribution in [2.24, 2.45) is 5.41 Å². The molecule has 0 saturated carbocycles. The van der Waals surface area contributed by atoms with Gasteiger partial charge in [-0.25, -0.2) is 0 Å². The van der Waals surface area contributed by atoms with E-state index in [1.54, 1.807) is 0 Å². The Kier molecular flexibility index (Phi) is 24.8. The second-order valence-electron chi connectivity index (χ2n) is 11.4. The molecule has 2 N–H and O–H groups in total. The van der Waals surface area contributed by atoms with Gasteiger partial charge in [-0.2, -0.15) is 0 Å². The number of carbonyl (C=O) groups is 2. The molecule has 0 aliphatic rings. The molecule has 4 nitrogen and oxygen atoms in total. The molecule has 0 bridgehead atoms.